The second-order valence-corrected chi connectivity index (χ2v) is 10.4. The molecule has 2 fully saturated rings. The monoisotopic (exact) mass is 481 g/mol. The normalized spacial score (nSPS) is 29.4. The highest BCUT2D eigenvalue weighted by molar-refractivity contribution is 5.78. The molecule has 1 spiro atoms. The molecule has 3 aliphatic rings. The van der Waals surface area contributed by atoms with Crippen molar-refractivity contribution in [3.05, 3.63) is 65.5 Å². The summed E-state index contributed by atoms with van der Waals surface area (Å²) in [7, 11) is 0. The first kappa shape index (κ1) is 23.8. The molecule has 4 atom stereocenters. The predicted octanol–water partition coefficient (Wildman–Crippen LogP) is 4.91. The number of rotatable bonds is 6. The average molecular weight is 482 g/mol. The van der Waals surface area contributed by atoms with Crippen LogP contribution in [-0.2, 0) is 20.7 Å². The van der Waals surface area contributed by atoms with Crippen LogP contribution in [0.25, 0.3) is 0 Å². The van der Waals surface area contributed by atoms with Gasteiger partial charge in [-0.05, 0) is 62.8 Å². The lowest BCUT2D eigenvalue weighted by molar-refractivity contribution is -0.180. The van der Waals surface area contributed by atoms with Crippen molar-refractivity contribution in [1.82, 2.24) is 4.90 Å². The highest BCUT2D eigenvalue weighted by atomic mass is 19.1. The van der Waals surface area contributed by atoms with Crippen molar-refractivity contribution in [1.29, 1.82) is 0 Å². The molecule has 2 aromatic carbocycles. The van der Waals surface area contributed by atoms with Gasteiger partial charge in [-0.1, -0.05) is 30.3 Å². The Morgan fingerprint density at radius 2 is 2.00 bits per heavy atom. The molecule has 0 radical (unpaired) electrons. The standard InChI is InChI=1S/C28H32FNO5/c1-27(14-12-25(32)33)22-17-28(18-34-26(22)21-8-2-3-9-23(21)35-27)13-5-15-30(28)24(31)11-10-19-6-4-7-20(29)16-19/h2-4,6-9,16,22,26H,5,10-15,17-18H2,1H3,(H,32,33)/t22-,26+,27+,28+/m1/s1. The molecule has 7 heteroatoms. The Morgan fingerprint density at radius 3 is 2.80 bits per heavy atom. The van der Waals surface area contributed by atoms with Crippen molar-refractivity contribution >= 4 is 11.9 Å². The van der Waals surface area contributed by atoms with Gasteiger partial charge in [0.25, 0.3) is 0 Å². The van der Waals surface area contributed by atoms with E-state index in [1.54, 1.807) is 6.07 Å². The number of halogens is 1. The van der Waals surface area contributed by atoms with Gasteiger partial charge in [-0.2, -0.15) is 0 Å². The van der Waals surface area contributed by atoms with Crippen molar-refractivity contribution in [3.63, 3.8) is 0 Å². The number of para-hydroxylation sites is 1. The van der Waals surface area contributed by atoms with Gasteiger partial charge in [0.2, 0.25) is 5.91 Å². The number of carbonyl (C=O) groups excluding carboxylic acids is 1. The van der Waals surface area contributed by atoms with Gasteiger partial charge < -0.3 is 19.5 Å². The van der Waals surface area contributed by atoms with Crippen molar-refractivity contribution in [2.75, 3.05) is 13.2 Å². The maximum absolute atomic E-state index is 13.6. The zero-order chi connectivity index (χ0) is 24.6. The maximum atomic E-state index is 13.6. The third kappa shape index (κ3) is 4.54. The summed E-state index contributed by atoms with van der Waals surface area (Å²) in [6, 6.07) is 14.2. The average Bonchev–Trinajstić information content (AvgIpc) is 3.24. The van der Waals surface area contributed by atoms with Crippen molar-refractivity contribution in [3.8, 4) is 5.75 Å². The molecule has 3 heterocycles. The topological polar surface area (TPSA) is 76.1 Å². The minimum atomic E-state index is -0.855. The Kier molecular flexibility index (Phi) is 6.30. The zero-order valence-electron chi connectivity index (χ0n) is 20.0. The highest BCUT2D eigenvalue weighted by Crippen LogP contribution is 2.55. The number of fused-ring (bicyclic) bond motifs is 3. The van der Waals surface area contributed by atoms with Gasteiger partial charge in [0, 0.05) is 30.9 Å². The number of ether oxygens (including phenoxy) is 2. The Bertz CT molecular complexity index is 1120. The second kappa shape index (κ2) is 9.26. The van der Waals surface area contributed by atoms with E-state index in [9.17, 15) is 19.1 Å². The van der Waals surface area contributed by atoms with E-state index >= 15 is 0 Å². The Hall–Kier alpha value is -2.93. The van der Waals surface area contributed by atoms with Crippen LogP contribution < -0.4 is 4.74 Å². The molecule has 5 rings (SSSR count). The van der Waals surface area contributed by atoms with E-state index in [4.69, 9.17) is 9.47 Å². The van der Waals surface area contributed by atoms with Crippen LogP contribution in [0.2, 0.25) is 0 Å². The lowest BCUT2D eigenvalue weighted by atomic mass is 9.68. The molecular weight excluding hydrogens is 449 g/mol. The number of hydrogen-bond donors (Lipinski definition) is 1. The van der Waals surface area contributed by atoms with E-state index in [2.05, 4.69) is 0 Å². The van der Waals surface area contributed by atoms with Gasteiger partial charge >= 0.3 is 5.97 Å². The van der Waals surface area contributed by atoms with Crippen molar-refractivity contribution in [2.24, 2.45) is 5.92 Å². The summed E-state index contributed by atoms with van der Waals surface area (Å²) >= 11 is 0. The van der Waals surface area contributed by atoms with Crippen molar-refractivity contribution < 1.29 is 28.6 Å². The summed E-state index contributed by atoms with van der Waals surface area (Å²) in [6.45, 7) is 3.10. The van der Waals surface area contributed by atoms with Crippen molar-refractivity contribution in [2.45, 2.75) is 69.1 Å². The van der Waals surface area contributed by atoms with Crippen LogP contribution in [0.15, 0.2) is 48.5 Å². The Labute approximate surface area is 205 Å². The third-order valence-electron chi connectivity index (χ3n) is 8.10. The van der Waals surface area contributed by atoms with Crippen LogP contribution >= 0.6 is 0 Å². The molecule has 1 N–H and O–H groups in total. The summed E-state index contributed by atoms with van der Waals surface area (Å²) in [6.07, 6.45) is 3.42. The third-order valence-corrected chi connectivity index (χ3v) is 8.10. The molecule has 0 aromatic heterocycles. The molecule has 6 nitrogen and oxygen atoms in total. The van der Waals surface area contributed by atoms with Gasteiger partial charge in [-0.3, -0.25) is 9.59 Å². The largest absolute Gasteiger partial charge is 0.487 e. The SMILES string of the molecule is C[C@@]1(CCC(=O)O)Oc2ccccc2[C@@H]2OC[C@]3(CCCN3C(=O)CCc3cccc(F)c3)C[C@H]21. The number of carboxylic acids is 1. The molecule has 0 aliphatic carbocycles. The van der Waals surface area contributed by atoms with E-state index in [1.807, 2.05) is 42.2 Å². The van der Waals surface area contributed by atoms with Crippen LogP contribution in [0.3, 0.4) is 0 Å². The quantitative estimate of drug-likeness (QED) is 0.634. The maximum Gasteiger partial charge on any atom is 0.303 e. The van der Waals surface area contributed by atoms with Gasteiger partial charge in [0.15, 0.2) is 0 Å². The van der Waals surface area contributed by atoms with Crippen LogP contribution in [0, 0.1) is 11.7 Å². The number of aliphatic carboxylic acids is 1. The van der Waals surface area contributed by atoms with Gasteiger partial charge in [0.05, 0.1) is 18.2 Å². The molecule has 2 aromatic rings. The van der Waals surface area contributed by atoms with Gasteiger partial charge in [-0.25, -0.2) is 4.39 Å². The lowest BCUT2D eigenvalue weighted by Gasteiger charge is -2.54. The molecular formula is C28H32FNO5. The van der Waals surface area contributed by atoms with Crippen LogP contribution in [0.5, 0.6) is 5.75 Å². The minimum absolute atomic E-state index is 0.00513. The van der Waals surface area contributed by atoms with Gasteiger partial charge in [0.1, 0.15) is 17.2 Å². The second-order valence-electron chi connectivity index (χ2n) is 10.4. The number of carbonyl (C=O) groups is 2. The lowest BCUT2D eigenvalue weighted by Crippen LogP contribution is -2.60. The number of likely N-dealkylation sites (tertiary alicyclic amines) is 1. The fraction of sp³-hybridized carbons (Fsp3) is 0.500. The van der Waals surface area contributed by atoms with Crippen LogP contribution in [0.4, 0.5) is 4.39 Å². The highest BCUT2D eigenvalue weighted by Gasteiger charge is 2.57. The molecule has 1 amide bonds. The summed E-state index contributed by atoms with van der Waals surface area (Å²) in [5.41, 5.74) is 0.650. The first-order valence-corrected chi connectivity index (χ1v) is 12.5. The van der Waals surface area contributed by atoms with Crippen LogP contribution in [-0.4, -0.2) is 46.2 Å². The molecule has 0 bridgehead atoms. The van der Waals surface area contributed by atoms with Gasteiger partial charge in [-0.15, -0.1) is 0 Å². The zero-order valence-corrected chi connectivity index (χ0v) is 20.0. The molecule has 2 saturated heterocycles. The predicted molar refractivity (Wildman–Crippen MR) is 128 cm³/mol. The molecule has 0 saturated carbocycles. The van der Waals surface area contributed by atoms with E-state index in [1.165, 1.54) is 12.1 Å². The summed E-state index contributed by atoms with van der Waals surface area (Å²) in [4.78, 5) is 26.8. The molecule has 3 aliphatic heterocycles. The number of aryl methyl sites for hydroxylation is 1. The smallest absolute Gasteiger partial charge is 0.303 e. The first-order chi connectivity index (χ1) is 16.8. The van der Waals surface area contributed by atoms with E-state index in [0.29, 0.717) is 38.8 Å². The Balaban J connectivity index is 1.38. The van der Waals surface area contributed by atoms with E-state index < -0.39 is 17.1 Å². The number of nitrogens with zero attached hydrogens (tertiary/aromatic N) is 1. The fourth-order valence-corrected chi connectivity index (χ4v) is 6.27. The summed E-state index contributed by atoms with van der Waals surface area (Å²) < 4.78 is 26.6. The minimum Gasteiger partial charge on any atom is -0.487 e. The summed E-state index contributed by atoms with van der Waals surface area (Å²) in [5, 5.41) is 9.38. The number of benzene rings is 2. The van der Waals surface area contributed by atoms with Crippen LogP contribution in [0.1, 0.15) is 62.7 Å². The first-order valence-electron chi connectivity index (χ1n) is 12.5. The molecule has 35 heavy (non-hydrogen) atoms. The number of carboxylic acid groups (broad SMARTS) is 1. The van der Waals surface area contributed by atoms with E-state index in [-0.39, 0.29) is 30.2 Å². The number of hydrogen-bond acceptors (Lipinski definition) is 4. The number of amides is 1. The Morgan fingerprint density at radius 1 is 1.17 bits per heavy atom. The molecule has 186 valence electrons. The summed E-state index contributed by atoms with van der Waals surface area (Å²) in [5.74, 6) is -0.434. The van der Waals surface area contributed by atoms with E-state index in [0.717, 1.165) is 29.7 Å². The fourth-order valence-electron chi connectivity index (χ4n) is 6.27. The molecule has 0 unspecified atom stereocenters.